The van der Waals surface area contributed by atoms with E-state index in [1.54, 1.807) is 26.1 Å². The molecule has 1 aromatic heterocycles. The van der Waals surface area contributed by atoms with Crippen molar-refractivity contribution in [3.8, 4) is 11.5 Å². The molecule has 0 spiro atoms. The first kappa shape index (κ1) is 18.5. The number of anilines is 1. The van der Waals surface area contributed by atoms with E-state index < -0.39 is 0 Å². The molecule has 2 N–H and O–H groups in total. The molecule has 0 amide bonds. The molecule has 0 saturated heterocycles. The minimum Gasteiger partial charge on any atom is -0.493 e. The maximum absolute atomic E-state index is 5.34. The number of nitrogens with one attached hydrogen (secondary N) is 2. The number of hydrogen-bond donors (Lipinski definition) is 2. The molecule has 0 bridgehead atoms. The normalized spacial score (nSPS) is 14.7. The fourth-order valence-corrected chi connectivity index (χ4v) is 3.95. The zero-order chi connectivity index (χ0) is 18.4. The molecule has 0 unspecified atom stereocenters. The van der Waals surface area contributed by atoms with Crippen LogP contribution in [0.4, 0.5) is 5.69 Å². The monoisotopic (exact) mass is 374 g/mol. The molecule has 0 saturated carbocycles. The second kappa shape index (κ2) is 8.91. The highest BCUT2D eigenvalue weighted by Crippen LogP contribution is 2.29. The van der Waals surface area contributed by atoms with Crippen LogP contribution < -0.4 is 20.1 Å². The van der Waals surface area contributed by atoms with Crippen molar-refractivity contribution >= 4 is 23.0 Å². The van der Waals surface area contributed by atoms with Crippen LogP contribution in [0.5, 0.6) is 11.5 Å². The van der Waals surface area contributed by atoms with Crippen molar-refractivity contribution < 1.29 is 9.47 Å². The van der Waals surface area contributed by atoms with E-state index in [1.165, 1.54) is 5.56 Å². The molecule has 1 aliphatic heterocycles. The molecule has 140 valence electrons. The second-order valence-corrected chi connectivity index (χ2v) is 7.09. The zero-order valence-electron chi connectivity index (χ0n) is 15.5. The highest BCUT2D eigenvalue weighted by atomic mass is 32.1. The van der Waals surface area contributed by atoms with E-state index in [4.69, 9.17) is 9.47 Å². The Balaban J connectivity index is 1.49. The van der Waals surface area contributed by atoms with Crippen LogP contribution in [0.25, 0.3) is 0 Å². The molecule has 1 aliphatic rings. The topological polar surface area (TPSA) is 58.1 Å². The van der Waals surface area contributed by atoms with Gasteiger partial charge in [-0.25, -0.2) is 0 Å². The summed E-state index contributed by atoms with van der Waals surface area (Å²) in [7, 11) is 5.03. The number of rotatable bonds is 6. The summed E-state index contributed by atoms with van der Waals surface area (Å²) in [5.74, 6) is 2.14. The van der Waals surface area contributed by atoms with Crippen molar-refractivity contribution in [1.82, 2.24) is 10.2 Å². The van der Waals surface area contributed by atoms with Gasteiger partial charge in [-0.05, 0) is 35.6 Å². The van der Waals surface area contributed by atoms with Gasteiger partial charge in [0, 0.05) is 49.9 Å². The molecule has 26 heavy (non-hydrogen) atoms. The van der Waals surface area contributed by atoms with Crippen molar-refractivity contribution in [2.45, 2.75) is 13.0 Å². The lowest BCUT2D eigenvalue weighted by molar-refractivity contribution is 0.260. The van der Waals surface area contributed by atoms with Crippen LogP contribution in [0.1, 0.15) is 10.4 Å². The van der Waals surface area contributed by atoms with Gasteiger partial charge in [0.05, 0.1) is 14.2 Å². The third-order valence-corrected chi connectivity index (χ3v) is 5.50. The Morgan fingerprint density at radius 1 is 1.23 bits per heavy atom. The number of guanidine groups is 1. The molecule has 2 heterocycles. The minimum atomic E-state index is 0.688. The van der Waals surface area contributed by atoms with Crippen molar-refractivity contribution in [2.24, 2.45) is 4.99 Å². The molecular formula is C19H26N4O2S. The van der Waals surface area contributed by atoms with E-state index in [-0.39, 0.29) is 0 Å². The Hall–Kier alpha value is -2.25. The lowest BCUT2D eigenvalue weighted by atomic mass is 10.1. The zero-order valence-corrected chi connectivity index (χ0v) is 16.4. The Labute approximate surface area is 158 Å². The number of methoxy groups -OCH3 is 2. The first-order chi connectivity index (χ1) is 12.7. The first-order valence-electron chi connectivity index (χ1n) is 8.70. The number of nitrogens with zero attached hydrogens (tertiary/aromatic N) is 2. The fraction of sp³-hybridized carbons (Fsp3) is 0.421. The number of fused-ring (bicyclic) bond motifs is 1. The molecule has 0 aliphatic carbocycles. The molecule has 0 radical (unpaired) electrons. The van der Waals surface area contributed by atoms with Gasteiger partial charge in [-0.15, -0.1) is 11.3 Å². The summed E-state index contributed by atoms with van der Waals surface area (Å²) in [6.45, 7) is 3.99. The van der Waals surface area contributed by atoms with Crippen LogP contribution in [0.15, 0.2) is 34.6 Å². The van der Waals surface area contributed by atoms with Crippen molar-refractivity contribution in [1.29, 1.82) is 0 Å². The lowest BCUT2D eigenvalue weighted by Crippen LogP contribution is -2.39. The maximum atomic E-state index is 5.34. The molecule has 1 aromatic carbocycles. The Kier molecular flexibility index (Phi) is 6.35. The molecule has 2 aromatic rings. The van der Waals surface area contributed by atoms with Crippen molar-refractivity contribution in [3.63, 3.8) is 0 Å². The smallest absolute Gasteiger partial charge is 0.195 e. The van der Waals surface area contributed by atoms with E-state index in [2.05, 4.69) is 32.0 Å². The standard InChI is InChI=1S/C19H26N4O2S/c1-20-19(22-15-4-5-16(24-2)17(12-15)25-3)21-8-10-23-9-6-18-14(13-23)7-11-26-18/h4-5,7,11-12H,6,8-10,13H2,1-3H3,(H2,20,21,22). The van der Waals surface area contributed by atoms with Gasteiger partial charge < -0.3 is 20.1 Å². The Bertz CT molecular complexity index is 760. The predicted molar refractivity (Wildman–Crippen MR) is 108 cm³/mol. The van der Waals surface area contributed by atoms with Gasteiger partial charge in [0.15, 0.2) is 17.5 Å². The van der Waals surface area contributed by atoms with E-state index in [9.17, 15) is 0 Å². The van der Waals surface area contributed by atoms with E-state index in [0.29, 0.717) is 11.5 Å². The van der Waals surface area contributed by atoms with E-state index >= 15 is 0 Å². The van der Waals surface area contributed by atoms with Crippen LogP contribution in [-0.4, -0.2) is 51.8 Å². The highest BCUT2D eigenvalue weighted by Gasteiger charge is 2.16. The number of hydrogen-bond acceptors (Lipinski definition) is 5. The number of aliphatic imine (C=N–C) groups is 1. The maximum Gasteiger partial charge on any atom is 0.195 e. The third kappa shape index (κ3) is 4.47. The molecule has 6 nitrogen and oxygen atoms in total. The van der Waals surface area contributed by atoms with Gasteiger partial charge in [-0.2, -0.15) is 0 Å². The SMILES string of the molecule is CN=C(NCCN1CCc2sccc2C1)Nc1ccc(OC)c(OC)c1. The summed E-state index contributed by atoms with van der Waals surface area (Å²) in [5.41, 5.74) is 2.38. The van der Waals surface area contributed by atoms with Crippen LogP contribution >= 0.6 is 11.3 Å². The lowest BCUT2D eigenvalue weighted by Gasteiger charge is -2.27. The van der Waals surface area contributed by atoms with Crippen molar-refractivity contribution in [2.75, 3.05) is 46.2 Å². The molecular weight excluding hydrogens is 348 g/mol. The molecule has 0 atom stereocenters. The van der Waals surface area contributed by atoms with E-state index in [1.807, 2.05) is 29.5 Å². The van der Waals surface area contributed by atoms with Crippen LogP contribution in [0, 0.1) is 0 Å². The Morgan fingerprint density at radius 3 is 2.85 bits per heavy atom. The summed E-state index contributed by atoms with van der Waals surface area (Å²) in [4.78, 5) is 8.32. The fourth-order valence-electron chi connectivity index (χ4n) is 3.06. The largest absolute Gasteiger partial charge is 0.493 e. The van der Waals surface area contributed by atoms with Gasteiger partial charge in [-0.3, -0.25) is 9.89 Å². The third-order valence-electron chi connectivity index (χ3n) is 4.48. The highest BCUT2D eigenvalue weighted by molar-refractivity contribution is 7.10. The quantitative estimate of drug-likeness (QED) is 0.601. The second-order valence-electron chi connectivity index (χ2n) is 6.09. The molecule has 3 rings (SSSR count). The van der Waals surface area contributed by atoms with Gasteiger partial charge in [0.25, 0.3) is 0 Å². The minimum absolute atomic E-state index is 0.688. The van der Waals surface area contributed by atoms with E-state index in [0.717, 1.165) is 44.2 Å². The summed E-state index contributed by atoms with van der Waals surface area (Å²) in [6.07, 6.45) is 1.16. The average molecular weight is 375 g/mol. The van der Waals surface area contributed by atoms with Crippen molar-refractivity contribution in [3.05, 3.63) is 40.1 Å². The number of benzene rings is 1. The van der Waals surface area contributed by atoms with Crippen LogP contribution in [-0.2, 0) is 13.0 Å². The predicted octanol–water partition coefficient (Wildman–Crippen LogP) is 2.81. The van der Waals surface area contributed by atoms with Gasteiger partial charge in [0.2, 0.25) is 0 Å². The molecule has 0 fully saturated rings. The molecule has 7 heteroatoms. The van der Waals surface area contributed by atoms with Gasteiger partial charge in [-0.1, -0.05) is 0 Å². The number of ether oxygens (including phenoxy) is 2. The summed E-state index contributed by atoms with van der Waals surface area (Å²) in [5, 5.41) is 8.86. The van der Waals surface area contributed by atoms with Gasteiger partial charge >= 0.3 is 0 Å². The van der Waals surface area contributed by atoms with Gasteiger partial charge in [0.1, 0.15) is 0 Å². The average Bonchev–Trinajstić information content (AvgIpc) is 3.14. The van der Waals surface area contributed by atoms with Crippen LogP contribution in [0.2, 0.25) is 0 Å². The van der Waals surface area contributed by atoms with Crippen LogP contribution in [0.3, 0.4) is 0 Å². The summed E-state index contributed by atoms with van der Waals surface area (Å²) >= 11 is 1.88. The summed E-state index contributed by atoms with van der Waals surface area (Å²) < 4.78 is 10.6. The number of thiophene rings is 1. The first-order valence-corrected chi connectivity index (χ1v) is 9.58. The summed E-state index contributed by atoms with van der Waals surface area (Å²) in [6, 6.07) is 7.96. The Morgan fingerprint density at radius 2 is 2.08 bits per heavy atom.